The van der Waals surface area contributed by atoms with Crippen molar-refractivity contribution in [3.63, 3.8) is 0 Å². The first-order valence-electron chi connectivity index (χ1n) is 9.10. The van der Waals surface area contributed by atoms with Crippen molar-refractivity contribution >= 4 is 22.6 Å². The lowest BCUT2D eigenvalue weighted by Crippen LogP contribution is -2.46. The Hall–Kier alpha value is -2.61. The number of fused-ring (bicyclic) bond motifs is 1. The van der Waals surface area contributed by atoms with Crippen LogP contribution in [0.15, 0.2) is 30.3 Å². The van der Waals surface area contributed by atoms with Crippen LogP contribution in [0.4, 0.5) is 5.82 Å². The van der Waals surface area contributed by atoms with Gasteiger partial charge in [0.05, 0.1) is 17.1 Å². The fraction of sp³-hybridized carbons (Fsp3) is 0.450. The molecule has 0 spiro atoms. The Morgan fingerprint density at radius 3 is 2.64 bits per heavy atom. The lowest BCUT2D eigenvalue weighted by Gasteiger charge is -2.34. The van der Waals surface area contributed by atoms with Crippen LogP contribution in [0.1, 0.15) is 37.7 Å². The summed E-state index contributed by atoms with van der Waals surface area (Å²) in [6.07, 6.45) is 5.17. The zero-order valence-corrected chi connectivity index (χ0v) is 14.2. The maximum Gasteiger partial charge on any atom is 0.223 e. The topological polar surface area (TPSA) is 69.0 Å². The van der Waals surface area contributed by atoms with Crippen LogP contribution >= 0.6 is 0 Å². The number of hydrogen-bond donors (Lipinski definition) is 1. The number of carbonyl (C=O) groups excluding carboxylic acids is 1. The van der Waals surface area contributed by atoms with Gasteiger partial charge in [0.2, 0.25) is 5.91 Å². The number of para-hydroxylation sites is 1. The van der Waals surface area contributed by atoms with E-state index in [9.17, 15) is 10.1 Å². The lowest BCUT2D eigenvalue weighted by atomic mass is 9.90. The number of carbonyl (C=O) groups is 1. The average molecular weight is 334 g/mol. The number of nitrogens with zero attached hydrogens (tertiary/aromatic N) is 3. The molecule has 1 saturated heterocycles. The maximum absolute atomic E-state index is 12.3. The van der Waals surface area contributed by atoms with Gasteiger partial charge in [-0.1, -0.05) is 18.2 Å². The molecule has 0 bridgehead atoms. The van der Waals surface area contributed by atoms with Gasteiger partial charge in [0, 0.05) is 30.4 Å². The third kappa shape index (κ3) is 3.17. The molecule has 1 aliphatic heterocycles. The summed E-state index contributed by atoms with van der Waals surface area (Å²) >= 11 is 0. The van der Waals surface area contributed by atoms with Crippen LogP contribution in [0.5, 0.6) is 0 Å². The summed E-state index contributed by atoms with van der Waals surface area (Å²) in [6.45, 7) is 1.61. The monoisotopic (exact) mass is 334 g/mol. The molecule has 2 fully saturated rings. The second-order valence-corrected chi connectivity index (χ2v) is 7.05. The van der Waals surface area contributed by atoms with E-state index >= 15 is 0 Å². The first kappa shape index (κ1) is 15.9. The Morgan fingerprint density at radius 1 is 1.20 bits per heavy atom. The number of anilines is 1. The van der Waals surface area contributed by atoms with Gasteiger partial charge in [-0.05, 0) is 44.2 Å². The molecule has 5 heteroatoms. The summed E-state index contributed by atoms with van der Waals surface area (Å²) in [5.41, 5.74) is 1.51. The van der Waals surface area contributed by atoms with Crippen molar-refractivity contribution in [3.05, 3.63) is 35.9 Å². The molecule has 2 heterocycles. The Morgan fingerprint density at radius 2 is 1.96 bits per heavy atom. The van der Waals surface area contributed by atoms with Crippen LogP contribution in [0, 0.1) is 17.2 Å². The molecule has 2 aromatic rings. The zero-order valence-electron chi connectivity index (χ0n) is 14.2. The number of nitriles is 1. The summed E-state index contributed by atoms with van der Waals surface area (Å²) in [5, 5.41) is 13.5. The Bertz CT molecular complexity index is 829. The predicted molar refractivity (Wildman–Crippen MR) is 97.2 cm³/mol. The summed E-state index contributed by atoms with van der Waals surface area (Å²) in [6, 6.07) is 12.3. The van der Waals surface area contributed by atoms with Crippen LogP contribution < -0.4 is 10.2 Å². The van der Waals surface area contributed by atoms with Crippen molar-refractivity contribution in [3.8, 4) is 6.07 Å². The van der Waals surface area contributed by atoms with E-state index in [1.807, 2.05) is 30.3 Å². The average Bonchev–Trinajstić information content (AvgIpc) is 2.63. The molecule has 0 atom stereocenters. The summed E-state index contributed by atoms with van der Waals surface area (Å²) in [4.78, 5) is 19.2. The number of pyridine rings is 1. The highest BCUT2D eigenvalue weighted by Gasteiger charge is 2.28. The number of amides is 1. The molecule has 2 aliphatic rings. The number of aromatic nitrogens is 1. The van der Waals surface area contributed by atoms with Gasteiger partial charge in [-0.15, -0.1) is 0 Å². The first-order valence-corrected chi connectivity index (χ1v) is 9.10. The molecular formula is C20H22N4O. The van der Waals surface area contributed by atoms with Gasteiger partial charge in [0.15, 0.2) is 0 Å². The molecule has 5 nitrogen and oxygen atoms in total. The van der Waals surface area contributed by atoms with E-state index in [2.05, 4.69) is 16.3 Å². The van der Waals surface area contributed by atoms with Gasteiger partial charge in [-0.2, -0.15) is 5.26 Å². The highest BCUT2D eigenvalue weighted by Crippen LogP contribution is 2.27. The number of hydrogen-bond acceptors (Lipinski definition) is 4. The molecule has 25 heavy (non-hydrogen) atoms. The fourth-order valence-electron chi connectivity index (χ4n) is 3.66. The third-order valence-corrected chi connectivity index (χ3v) is 5.46. The van der Waals surface area contributed by atoms with Crippen molar-refractivity contribution in [2.45, 2.75) is 38.1 Å². The van der Waals surface area contributed by atoms with Crippen molar-refractivity contribution in [2.75, 3.05) is 18.0 Å². The predicted octanol–water partition coefficient (Wildman–Crippen LogP) is 2.99. The molecule has 1 saturated carbocycles. The molecule has 4 rings (SSSR count). The van der Waals surface area contributed by atoms with Gasteiger partial charge in [-0.3, -0.25) is 4.79 Å². The van der Waals surface area contributed by atoms with Crippen molar-refractivity contribution < 1.29 is 4.79 Å². The second kappa shape index (κ2) is 6.72. The molecule has 1 aromatic heterocycles. The van der Waals surface area contributed by atoms with Gasteiger partial charge in [0.1, 0.15) is 5.82 Å². The quantitative estimate of drug-likeness (QED) is 0.937. The van der Waals surface area contributed by atoms with Crippen LogP contribution in [-0.4, -0.2) is 30.0 Å². The van der Waals surface area contributed by atoms with Crippen molar-refractivity contribution in [2.24, 2.45) is 5.92 Å². The van der Waals surface area contributed by atoms with E-state index < -0.39 is 0 Å². The highest BCUT2D eigenvalue weighted by molar-refractivity contribution is 5.86. The SMILES string of the molecule is N#Cc1cc(N2CCC(C(=O)NC3CCC3)CC2)nc2ccccc12. The minimum Gasteiger partial charge on any atom is -0.357 e. The van der Waals surface area contributed by atoms with Crippen LogP contribution in [0.25, 0.3) is 10.9 Å². The van der Waals surface area contributed by atoms with Crippen molar-refractivity contribution in [1.29, 1.82) is 5.26 Å². The maximum atomic E-state index is 12.3. The van der Waals surface area contributed by atoms with E-state index in [0.29, 0.717) is 11.6 Å². The molecule has 1 amide bonds. The Kier molecular flexibility index (Phi) is 4.27. The molecule has 1 N–H and O–H groups in total. The standard InChI is InChI=1S/C20H22N4O/c21-13-15-12-19(23-18-7-2-1-6-17(15)18)24-10-8-14(9-11-24)20(25)22-16-4-3-5-16/h1-2,6-7,12,14,16H,3-5,8-11H2,(H,22,25). The Balaban J connectivity index is 1.46. The van der Waals surface area contributed by atoms with Gasteiger partial charge in [0.25, 0.3) is 0 Å². The van der Waals surface area contributed by atoms with Crippen LogP contribution in [0.2, 0.25) is 0 Å². The molecule has 0 unspecified atom stereocenters. The smallest absolute Gasteiger partial charge is 0.223 e. The van der Waals surface area contributed by atoms with E-state index in [0.717, 1.165) is 55.5 Å². The largest absolute Gasteiger partial charge is 0.357 e. The second-order valence-electron chi connectivity index (χ2n) is 7.05. The van der Waals surface area contributed by atoms with Gasteiger partial charge >= 0.3 is 0 Å². The summed E-state index contributed by atoms with van der Waals surface area (Å²) in [7, 11) is 0. The highest BCUT2D eigenvalue weighted by atomic mass is 16.2. The molecule has 1 aliphatic carbocycles. The summed E-state index contributed by atoms with van der Waals surface area (Å²) < 4.78 is 0. The first-order chi connectivity index (χ1) is 12.2. The Labute approximate surface area is 147 Å². The van der Waals surface area contributed by atoms with E-state index in [1.165, 1.54) is 6.42 Å². The number of benzene rings is 1. The van der Waals surface area contributed by atoms with E-state index in [-0.39, 0.29) is 11.8 Å². The number of nitrogens with one attached hydrogen (secondary N) is 1. The van der Waals surface area contributed by atoms with Crippen molar-refractivity contribution in [1.82, 2.24) is 10.3 Å². The zero-order chi connectivity index (χ0) is 17.2. The lowest BCUT2D eigenvalue weighted by molar-refractivity contribution is -0.126. The van der Waals surface area contributed by atoms with Crippen LogP contribution in [-0.2, 0) is 4.79 Å². The molecule has 0 radical (unpaired) electrons. The van der Waals surface area contributed by atoms with Gasteiger partial charge in [-0.25, -0.2) is 4.98 Å². The van der Waals surface area contributed by atoms with E-state index in [4.69, 9.17) is 4.98 Å². The number of piperidine rings is 1. The minimum atomic E-state index is 0.104. The third-order valence-electron chi connectivity index (χ3n) is 5.46. The van der Waals surface area contributed by atoms with Gasteiger partial charge < -0.3 is 10.2 Å². The molecule has 128 valence electrons. The number of rotatable bonds is 3. The molecule has 1 aromatic carbocycles. The summed E-state index contributed by atoms with van der Waals surface area (Å²) in [5.74, 6) is 1.16. The minimum absolute atomic E-state index is 0.104. The van der Waals surface area contributed by atoms with Crippen LogP contribution in [0.3, 0.4) is 0 Å². The van der Waals surface area contributed by atoms with E-state index in [1.54, 1.807) is 0 Å². The fourth-order valence-corrected chi connectivity index (χ4v) is 3.66. The molecular weight excluding hydrogens is 312 g/mol. The normalized spacial score (nSPS) is 18.6.